The molecule has 3 atom stereocenters. The first-order valence-electron chi connectivity index (χ1n) is 5.38. The Labute approximate surface area is 126 Å². The number of carbonyl (C=O) groups is 1. The fourth-order valence-electron chi connectivity index (χ4n) is 2.19. The van der Waals surface area contributed by atoms with Crippen LogP contribution in [0.5, 0.6) is 0 Å². The van der Waals surface area contributed by atoms with Gasteiger partial charge in [0.05, 0.1) is 13.3 Å². The summed E-state index contributed by atoms with van der Waals surface area (Å²) in [6.45, 7) is 1.16. The standard InChI is InChI=1S/C9H14N3O3S2.V/c1-10-6-2-15-12-5-11-7(8(13)14)4-17-9(11,12)16-3-6;/h6-7,10H,1-5H2,(H,13,14);/q-1;/t6?,7?,9-;/m0./s1. The smallest absolute Gasteiger partial charge is 0.321 e. The molecule has 2 unspecified atom stereocenters. The van der Waals surface area contributed by atoms with Crippen LogP contribution < -0.4 is 5.32 Å². The predicted molar refractivity (Wildman–Crippen MR) is 65.8 cm³/mol. The molecule has 3 aliphatic heterocycles. The van der Waals surface area contributed by atoms with Gasteiger partial charge in [0.1, 0.15) is 6.04 Å². The molecule has 0 aliphatic carbocycles. The van der Waals surface area contributed by atoms with E-state index in [1.165, 1.54) is 0 Å². The first kappa shape index (κ1) is 15.0. The number of hydroxylamine groups is 2. The van der Waals surface area contributed by atoms with E-state index in [0.717, 1.165) is 5.75 Å². The van der Waals surface area contributed by atoms with Crippen molar-refractivity contribution in [1.82, 2.24) is 15.3 Å². The zero-order valence-corrected chi connectivity index (χ0v) is 12.6. The van der Waals surface area contributed by atoms with E-state index >= 15 is 0 Å². The molecular formula is C9H14N3O3S2V-. The van der Waals surface area contributed by atoms with Crippen molar-refractivity contribution in [3.05, 3.63) is 7.05 Å². The maximum atomic E-state index is 11.1. The maximum Gasteiger partial charge on any atom is 0.321 e. The molecular weight excluding hydrogens is 313 g/mol. The van der Waals surface area contributed by atoms with Crippen molar-refractivity contribution >= 4 is 29.5 Å². The van der Waals surface area contributed by atoms with E-state index in [2.05, 4.69) is 12.4 Å². The van der Waals surface area contributed by atoms with Crippen LogP contribution in [0.25, 0.3) is 0 Å². The SMILES string of the molecule is [CH2-]NC1CON2CN3C(C(=O)O)CS[C@]23SC1.[V]. The van der Waals surface area contributed by atoms with Gasteiger partial charge in [0.2, 0.25) is 0 Å². The first-order valence-corrected chi connectivity index (χ1v) is 7.35. The monoisotopic (exact) mass is 327 g/mol. The third-order valence-corrected chi connectivity index (χ3v) is 6.63. The van der Waals surface area contributed by atoms with E-state index in [4.69, 9.17) is 9.94 Å². The summed E-state index contributed by atoms with van der Waals surface area (Å²) >= 11 is 3.38. The minimum absolute atomic E-state index is 0. The number of thioether (sulfide) groups is 2. The van der Waals surface area contributed by atoms with E-state index in [1.54, 1.807) is 23.5 Å². The molecule has 3 saturated heterocycles. The van der Waals surface area contributed by atoms with Crippen LogP contribution in [0.3, 0.4) is 0 Å². The molecule has 0 aromatic heterocycles. The van der Waals surface area contributed by atoms with Crippen molar-refractivity contribution in [3.63, 3.8) is 0 Å². The van der Waals surface area contributed by atoms with Crippen molar-refractivity contribution in [2.24, 2.45) is 0 Å². The zero-order valence-electron chi connectivity index (χ0n) is 9.61. The van der Waals surface area contributed by atoms with Gasteiger partial charge in [0, 0.05) is 36.1 Å². The van der Waals surface area contributed by atoms with Gasteiger partial charge >= 0.3 is 5.97 Å². The summed E-state index contributed by atoms with van der Waals surface area (Å²) in [6, 6.07) is -0.178. The van der Waals surface area contributed by atoms with Gasteiger partial charge < -0.3 is 10.4 Å². The first-order chi connectivity index (χ1) is 8.17. The van der Waals surface area contributed by atoms with Crippen LogP contribution in [0.4, 0.5) is 0 Å². The van der Waals surface area contributed by atoms with Crippen LogP contribution in [0.1, 0.15) is 0 Å². The number of hydrogen-bond acceptors (Lipinski definition) is 7. The van der Waals surface area contributed by atoms with E-state index in [9.17, 15) is 4.79 Å². The molecule has 0 amide bonds. The van der Waals surface area contributed by atoms with Gasteiger partial charge in [0.15, 0.2) is 4.33 Å². The molecule has 3 fully saturated rings. The second-order valence-corrected chi connectivity index (χ2v) is 6.85. The largest absolute Gasteiger partial charge is 0.480 e. The number of carboxylic acids is 1. The van der Waals surface area contributed by atoms with Gasteiger partial charge in [-0.05, 0) is 0 Å². The van der Waals surface area contributed by atoms with Gasteiger partial charge in [-0.1, -0.05) is 0 Å². The van der Waals surface area contributed by atoms with E-state index < -0.39 is 12.0 Å². The van der Waals surface area contributed by atoms with Crippen LogP contribution in [0.15, 0.2) is 0 Å². The summed E-state index contributed by atoms with van der Waals surface area (Å²) in [5, 5.41) is 14.0. The number of carboxylic acid groups (broad SMARTS) is 1. The molecule has 2 N–H and O–H groups in total. The van der Waals surface area contributed by atoms with Crippen LogP contribution in [0, 0.1) is 7.05 Å². The topological polar surface area (TPSA) is 65.0 Å². The summed E-state index contributed by atoms with van der Waals surface area (Å²) in [5.41, 5.74) is 0. The maximum absolute atomic E-state index is 11.1. The zero-order chi connectivity index (χ0) is 12.0. The summed E-state index contributed by atoms with van der Waals surface area (Å²) < 4.78 is -0.325. The van der Waals surface area contributed by atoms with Crippen molar-refractivity contribution < 1.29 is 33.3 Å². The van der Waals surface area contributed by atoms with Crippen molar-refractivity contribution in [2.75, 3.05) is 24.8 Å². The quantitative estimate of drug-likeness (QED) is 0.676. The Bertz CT molecular complexity index is 351. The summed E-state index contributed by atoms with van der Waals surface area (Å²) in [6.07, 6.45) is 0. The molecule has 0 aromatic rings. The van der Waals surface area contributed by atoms with Gasteiger partial charge in [-0.3, -0.25) is 16.7 Å². The van der Waals surface area contributed by atoms with Crippen molar-refractivity contribution in [1.29, 1.82) is 0 Å². The molecule has 1 radical (unpaired) electrons. The third-order valence-electron chi connectivity index (χ3n) is 3.24. The fraction of sp³-hybridized carbons (Fsp3) is 0.778. The minimum Gasteiger partial charge on any atom is -0.480 e. The summed E-state index contributed by atoms with van der Waals surface area (Å²) in [5.74, 6) is 0.742. The fourth-order valence-corrected chi connectivity index (χ4v) is 5.47. The molecule has 1 spiro atoms. The Morgan fingerprint density at radius 3 is 2.89 bits per heavy atom. The summed E-state index contributed by atoms with van der Waals surface area (Å²) in [4.78, 5) is 18.8. The minimum atomic E-state index is -0.745. The van der Waals surface area contributed by atoms with Crippen LogP contribution >= 0.6 is 23.5 Å². The average molecular weight is 327 g/mol. The number of nitrogens with zero attached hydrogens (tertiary/aromatic N) is 2. The Balaban J connectivity index is 0.00000120. The predicted octanol–water partition coefficient (Wildman–Crippen LogP) is -0.202. The van der Waals surface area contributed by atoms with E-state index in [-0.39, 0.29) is 28.9 Å². The second-order valence-electron chi connectivity index (χ2n) is 4.21. The van der Waals surface area contributed by atoms with E-state index in [0.29, 0.717) is 19.0 Å². The molecule has 6 nitrogen and oxygen atoms in total. The van der Waals surface area contributed by atoms with Crippen LogP contribution in [0.2, 0.25) is 0 Å². The van der Waals surface area contributed by atoms with Crippen LogP contribution in [-0.4, -0.2) is 62.2 Å². The molecule has 3 aliphatic rings. The molecule has 9 heteroatoms. The van der Waals surface area contributed by atoms with Gasteiger partial charge in [-0.15, -0.1) is 28.6 Å². The second kappa shape index (κ2) is 5.53. The molecule has 3 heterocycles. The molecule has 3 rings (SSSR count). The number of aliphatic carboxylic acids is 1. The Morgan fingerprint density at radius 1 is 1.50 bits per heavy atom. The third kappa shape index (κ3) is 2.12. The number of hydrogen-bond donors (Lipinski definition) is 2. The van der Waals surface area contributed by atoms with Gasteiger partial charge in [-0.25, -0.2) is 4.90 Å². The van der Waals surface area contributed by atoms with Crippen molar-refractivity contribution in [2.45, 2.75) is 16.4 Å². The molecule has 0 saturated carbocycles. The molecule has 101 valence electrons. The van der Waals surface area contributed by atoms with Gasteiger partial charge in [-0.2, -0.15) is 0 Å². The number of nitrogens with one attached hydrogen (secondary N) is 1. The molecule has 18 heavy (non-hydrogen) atoms. The average Bonchev–Trinajstić information content (AvgIpc) is 2.48. The van der Waals surface area contributed by atoms with Gasteiger partial charge in [0.25, 0.3) is 0 Å². The Morgan fingerprint density at radius 2 is 2.22 bits per heavy atom. The number of rotatable bonds is 2. The Kier molecular flexibility index (Phi) is 4.61. The normalized spacial score (nSPS) is 40.1. The van der Waals surface area contributed by atoms with E-state index in [1.807, 2.05) is 9.96 Å². The summed E-state index contributed by atoms with van der Waals surface area (Å²) in [7, 11) is 3.67. The van der Waals surface area contributed by atoms with Crippen molar-refractivity contribution in [3.8, 4) is 0 Å². The molecule has 0 bridgehead atoms. The Hall–Kier alpha value is 0.594. The molecule has 0 aromatic carbocycles. The van der Waals surface area contributed by atoms with Crippen LogP contribution in [-0.2, 0) is 28.2 Å².